The van der Waals surface area contributed by atoms with Crippen LogP contribution in [-0.4, -0.2) is 9.55 Å². The lowest BCUT2D eigenvalue weighted by Gasteiger charge is -2.08. The Labute approximate surface area is 169 Å². The van der Waals surface area contributed by atoms with E-state index in [1.54, 1.807) is 0 Å². The van der Waals surface area contributed by atoms with Gasteiger partial charge in [-0.05, 0) is 48.4 Å². The second-order valence-electron chi connectivity index (χ2n) is 7.64. The highest BCUT2D eigenvalue weighted by molar-refractivity contribution is 6.09. The molecule has 0 saturated heterocycles. The number of nitrogens with zero attached hydrogens (tertiary/aromatic N) is 1. The van der Waals surface area contributed by atoms with Gasteiger partial charge < -0.3 is 9.55 Å². The van der Waals surface area contributed by atoms with Crippen LogP contribution in [0.4, 0.5) is 0 Å². The van der Waals surface area contributed by atoms with Gasteiger partial charge >= 0.3 is 0 Å². The Morgan fingerprint density at radius 3 is 1.97 bits per heavy atom. The van der Waals surface area contributed by atoms with Crippen molar-refractivity contribution in [3.63, 3.8) is 0 Å². The number of aromatic nitrogens is 2. The zero-order valence-electron chi connectivity index (χ0n) is 16.2. The number of benzene rings is 4. The number of aryl methyl sites for hydroxylation is 1. The molecule has 138 valence electrons. The molecule has 0 amide bonds. The molecule has 6 rings (SSSR count). The number of hydrogen-bond donors (Lipinski definition) is 1. The lowest BCUT2D eigenvalue weighted by molar-refractivity contribution is 1.18. The lowest BCUT2D eigenvalue weighted by atomic mass is 10.1. The molecule has 0 aliphatic carbocycles. The average Bonchev–Trinajstić information content (AvgIpc) is 3.34. The normalized spacial score (nSPS) is 11.6. The van der Waals surface area contributed by atoms with Gasteiger partial charge in [0.2, 0.25) is 0 Å². The number of para-hydroxylation sites is 3. The maximum Gasteiger partial charge on any atom is 0.0541 e. The van der Waals surface area contributed by atoms with E-state index in [4.69, 9.17) is 0 Å². The van der Waals surface area contributed by atoms with Gasteiger partial charge in [0.1, 0.15) is 0 Å². The number of rotatable bonds is 2. The molecule has 29 heavy (non-hydrogen) atoms. The summed E-state index contributed by atoms with van der Waals surface area (Å²) in [5.74, 6) is 0. The smallest absolute Gasteiger partial charge is 0.0541 e. The quantitative estimate of drug-likeness (QED) is 0.331. The summed E-state index contributed by atoms with van der Waals surface area (Å²) < 4.78 is 2.35. The fourth-order valence-corrected chi connectivity index (χ4v) is 4.45. The molecule has 0 aliphatic rings. The first-order valence-corrected chi connectivity index (χ1v) is 9.97. The predicted molar refractivity (Wildman–Crippen MR) is 123 cm³/mol. The molecule has 0 aliphatic heterocycles. The van der Waals surface area contributed by atoms with Crippen LogP contribution in [0.25, 0.3) is 49.7 Å². The number of aromatic amines is 1. The predicted octanol–water partition coefficient (Wildman–Crippen LogP) is 7.24. The van der Waals surface area contributed by atoms with Crippen LogP contribution in [0, 0.1) is 6.92 Å². The highest BCUT2D eigenvalue weighted by atomic mass is 15.0. The number of hydrogen-bond acceptors (Lipinski definition) is 0. The summed E-state index contributed by atoms with van der Waals surface area (Å²) in [6.45, 7) is 2.15. The van der Waals surface area contributed by atoms with Crippen molar-refractivity contribution in [1.29, 1.82) is 0 Å². The van der Waals surface area contributed by atoms with Crippen molar-refractivity contribution in [2.45, 2.75) is 6.92 Å². The maximum atomic E-state index is 3.59. The van der Waals surface area contributed by atoms with E-state index in [0.29, 0.717) is 0 Å². The molecular weight excluding hydrogens is 352 g/mol. The molecule has 4 aromatic carbocycles. The highest BCUT2D eigenvalue weighted by Crippen LogP contribution is 2.33. The van der Waals surface area contributed by atoms with E-state index in [9.17, 15) is 0 Å². The van der Waals surface area contributed by atoms with Gasteiger partial charge in [-0.1, -0.05) is 66.7 Å². The minimum Gasteiger partial charge on any atom is -0.354 e. The van der Waals surface area contributed by atoms with Gasteiger partial charge in [-0.3, -0.25) is 0 Å². The highest BCUT2D eigenvalue weighted by Gasteiger charge is 2.11. The van der Waals surface area contributed by atoms with E-state index in [2.05, 4.69) is 114 Å². The Bertz CT molecular complexity index is 1440. The van der Waals surface area contributed by atoms with Crippen molar-refractivity contribution in [3.05, 3.63) is 103 Å². The third-order valence-electron chi connectivity index (χ3n) is 5.88. The fourth-order valence-electron chi connectivity index (χ4n) is 4.45. The first-order valence-electron chi connectivity index (χ1n) is 9.97. The van der Waals surface area contributed by atoms with Crippen LogP contribution in [0.3, 0.4) is 0 Å². The van der Waals surface area contributed by atoms with Gasteiger partial charge in [0, 0.05) is 33.1 Å². The minimum absolute atomic E-state index is 1.16. The van der Waals surface area contributed by atoms with Gasteiger partial charge in [0.25, 0.3) is 0 Å². The van der Waals surface area contributed by atoms with E-state index in [1.807, 2.05) is 0 Å². The van der Waals surface area contributed by atoms with E-state index < -0.39 is 0 Å². The molecule has 1 N–H and O–H groups in total. The second kappa shape index (κ2) is 6.11. The first-order chi connectivity index (χ1) is 14.3. The number of nitrogens with one attached hydrogen (secondary N) is 1. The van der Waals surface area contributed by atoms with E-state index in [0.717, 1.165) is 5.69 Å². The Kier molecular flexibility index (Phi) is 3.41. The summed E-state index contributed by atoms with van der Waals surface area (Å²) in [6.07, 6.45) is 0. The zero-order valence-corrected chi connectivity index (χ0v) is 16.2. The molecule has 0 unspecified atom stereocenters. The SMILES string of the molecule is Cc1cccc2cc(-c3ccc(-n4c5ccccc5c5ccccc54)cc3)[nH]c12. The van der Waals surface area contributed by atoms with Crippen LogP contribution in [0.1, 0.15) is 5.56 Å². The summed E-state index contributed by atoms with van der Waals surface area (Å²) >= 11 is 0. The van der Waals surface area contributed by atoms with Crippen LogP contribution in [0.15, 0.2) is 97.1 Å². The van der Waals surface area contributed by atoms with Crippen molar-refractivity contribution in [1.82, 2.24) is 9.55 Å². The Hall–Kier alpha value is -3.78. The van der Waals surface area contributed by atoms with Crippen LogP contribution in [0.5, 0.6) is 0 Å². The Balaban J connectivity index is 1.51. The van der Waals surface area contributed by atoms with Gasteiger partial charge in [-0.25, -0.2) is 0 Å². The Morgan fingerprint density at radius 1 is 0.655 bits per heavy atom. The largest absolute Gasteiger partial charge is 0.354 e. The molecule has 2 heterocycles. The molecule has 0 bridgehead atoms. The van der Waals surface area contributed by atoms with Gasteiger partial charge in [-0.2, -0.15) is 0 Å². The first kappa shape index (κ1) is 16.2. The summed E-state index contributed by atoms with van der Waals surface area (Å²) in [7, 11) is 0. The Morgan fingerprint density at radius 2 is 1.31 bits per heavy atom. The van der Waals surface area contributed by atoms with E-state index in [1.165, 1.54) is 49.5 Å². The molecule has 0 saturated carbocycles. The molecule has 0 atom stereocenters. The average molecular weight is 372 g/mol. The van der Waals surface area contributed by atoms with Gasteiger partial charge in [0.05, 0.1) is 11.0 Å². The third-order valence-corrected chi connectivity index (χ3v) is 5.88. The lowest BCUT2D eigenvalue weighted by Crippen LogP contribution is -1.93. The number of H-pyrrole nitrogens is 1. The van der Waals surface area contributed by atoms with Crippen molar-refractivity contribution >= 4 is 32.7 Å². The maximum absolute atomic E-state index is 3.59. The van der Waals surface area contributed by atoms with Crippen LogP contribution < -0.4 is 0 Å². The molecule has 6 aromatic rings. The fraction of sp³-hybridized carbons (Fsp3) is 0.0370. The van der Waals surface area contributed by atoms with Crippen molar-refractivity contribution in [3.8, 4) is 16.9 Å². The summed E-state index contributed by atoms with van der Waals surface area (Å²) in [6, 6.07) is 34.7. The van der Waals surface area contributed by atoms with Gasteiger partial charge in [-0.15, -0.1) is 0 Å². The summed E-state index contributed by atoms with van der Waals surface area (Å²) in [5.41, 5.74) is 8.50. The number of fused-ring (bicyclic) bond motifs is 4. The molecule has 2 aromatic heterocycles. The molecule has 0 fully saturated rings. The van der Waals surface area contributed by atoms with Crippen LogP contribution in [-0.2, 0) is 0 Å². The van der Waals surface area contributed by atoms with E-state index in [-0.39, 0.29) is 0 Å². The van der Waals surface area contributed by atoms with Gasteiger partial charge in [0.15, 0.2) is 0 Å². The van der Waals surface area contributed by atoms with Crippen molar-refractivity contribution < 1.29 is 0 Å². The standard InChI is InChI=1S/C27H20N2/c1-18-7-6-8-20-17-24(28-27(18)20)19-13-15-21(16-14-19)29-25-11-4-2-9-22(25)23-10-3-5-12-26(23)29/h2-17,28H,1H3. The van der Waals surface area contributed by atoms with Crippen molar-refractivity contribution in [2.24, 2.45) is 0 Å². The third kappa shape index (κ3) is 2.43. The van der Waals surface area contributed by atoms with Crippen molar-refractivity contribution in [2.75, 3.05) is 0 Å². The molecule has 0 spiro atoms. The second-order valence-corrected chi connectivity index (χ2v) is 7.64. The minimum atomic E-state index is 1.16. The molecule has 2 nitrogen and oxygen atoms in total. The molecular formula is C27H20N2. The summed E-state index contributed by atoms with van der Waals surface area (Å²) in [4.78, 5) is 3.59. The van der Waals surface area contributed by atoms with Crippen LogP contribution >= 0.6 is 0 Å². The van der Waals surface area contributed by atoms with E-state index >= 15 is 0 Å². The molecule has 2 heteroatoms. The topological polar surface area (TPSA) is 20.7 Å². The summed E-state index contributed by atoms with van der Waals surface area (Å²) in [5, 5.41) is 3.84. The van der Waals surface area contributed by atoms with Crippen LogP contribution in [0.2, 0.25) is 0 Å². The zero-order chi connectivity index (χ0) is 19.4. The molecule has 0 radical (unpaired) electrons. The monoisotopic (exact) mass is 372 g/mol.